The van der Waals surface area contributed by atoms with Crippen molar-refractivity contribution in [3.05, 3.63) is 52.3 Å². The van der Waals surface area contributed by atoms with Crippen molar-refractivity contribution in [2.45, 2.75) is 90.8 Å². The number of alkyl halides is 3. The Kier molecular flexibility index (Phi) is 6.16. The SMILES string of the molecule is CC(C)CCC(c1ccc(C(F)(F)F)cc1)n1nc(C(C)(C)C)c2c1CCCC2. The van der Waals surface area contributed by atoms with Crippen LogP contribution in [0.25, 0.3) is 0 Å². The standard InChI is InChI=1S/C24H33F3N2/c1-16(2)10-15-20(17-11-13-18(14-12-17)24(25,26)27)29-21-9-7-6-8-19(21)22(28-29)23(3,4)5/h11-14,16,20H,6-10,15H2,1-5H3. The molecule has 5 heteroatoms. The normalized spacial score (nSPS) is 16.2. The third-order valence-corrected chi connectivity index (χ3v) is 5.85. The van der Waals surface area contributed by atoms with Gasteiger partial charge in [0, 0.05) is 11.1 Å². The average Bonchev–Trinajstić information content (AvgIpc) is 3.01. The van der Waals surface area contributed by atoms with Gasteiger partial charge >= 0.3 is 6.18 Å². The molecule has 0 amide bonds. The van der Waals surface area contributed by atoms with Gasteiger partial charge in [-0.25, -0.2) is 0 Å². The zero-order valence-corrected chi connectivity index (χ0v) is 18.2. The van der Waals surface area contributed by atoms with E-state index < -0.39 is 11.7 Å². The molecule has 1 unspecified atom stereocenters. The van der Waals surface area contributed by atoms with Crippen LogP contribution in [0.5, 0.6) is 0 Å². The van der Waals surface area contributed by atoms with Crippen molar-refractivity contribution in [1.82, 2.24) is 9.78 Å². The summed E-state index contributed by atoms with van der Waals surface area (Å²) in [7, 11) is 0. The van der Waals surface area contributed by atoms with Crippen molar-refractivity contribution in [2.24, 2.45) is 5.92 Å². The minimum atomic E-state index is -4.31. The zero-order chi connectivity index (χ0) is 21.4. The highest BCUT2D eigenvalue weighted by atomic mass is 19.4. The van der Waals surface area contributed by atoms with Crippen LogP contribution in [0.15, 0.2) is 24.3 Å². The number of rotatable bonds is 5. The molecule has 160 valence electrons. The molecular weight excluding hydrogens is 373 g/mol. The highest BCUT2D eigenvalue weighted by Crippen LogP contribution is 2.37. The lowest BCUT2D eigenvalue weighted by atomic mass is 9.84. The van der Waals surface area contributed by atoms with E-state index in [0.29, 0.717) is 5.92 Å². The van der Waals surface area contributed by atoms with Crippen LogP contribution in [0, 0.1) is 5.92 Å². The van der Waals surface area contributed by atoms with Gasteiger partial charge in [-0.05, 0) is 67.7 Å². The monoisotopic (exact) mass is 406 g/mol. The summed E-state index contributed by atoms with van der Waals surface area (Å²) in [5, 5.41) is 5.08. The second-order valence-electron chi connectivity index (χ2n) is 9.78. The molecule has 1 atom stereocenters. The highest BCUT2D eigenvalue weighted by molar-refractivity contribution is 5.35. The molecule has 1 aromatic carbocycles. The van der Waals surface area contributed by atoms with E-state index in [9.17, 15) is 13.2 Å². The fourth-order valence-corrected chi connectivity index (χ4v) is 4.30. The predicted molar refractivity (Wildman–Crippen MR) is 111 cm³/mol. The summed E-state index contributed by atoms with van der Waals surface area (Å²) < 4.78 is 41.3. The topological polar surface area (TPSA) is 17.8 Å². The Hall–Kier alpha value is -1.78. The van der Waals surface area contributed by atoms with Crippen LogP contribution < -0.4 is 0 Å². The fourth-order valence-electron chi connectivity index (χ4n) is 4.30. The van der Waals surface area contributed by atoms with Gasteiger partial charge in [-0.2, -0.15) is 18.3 Å². The number of halogens is 3. The molecule has 1 heterocycles. The number of nitrogens with zero attached hydrogens (tertiary/aromatic N) is 2. The minimum Gasteiger partial charge on any atom is -0.262 e. The number of hydrogen-bond acceptors (Lipinski definition) is 1. The Balaban J connectivity index is 2.07. The van der Waals surface area contributed by atoms with E-state index in [-0.39, 0.29) is 11.5 Å². The van der Waals surface area contributed by atoms with Gasteiger partial charge in [0.1, 0.15) is 0 Å². The van der Waals surface area contributed by atoms with Gasteiger partial charge in [-0.1, -0.05) is 46.8 Å². The highest BCUT2D eigenvalue weighted by Gasteiger charge is 2.32. The summed E-state index contributed by atoms with van der Waals surface area (Å²) in [6.07, 6.45) is 1.94. The van der Waals surface area contributed by atoms with E-state index in [1.165, 1.54) is 29.8 Å². The Labute approximate surface area is 172 Å². The fraction of sp³-hybridized carbons (Fsp3) is 0.625. The van der Waals surface area contributed by atoms with E-state index in [1.54, 1.807) is 12.1 Å². The quantitative estimate of drug-likeness (QED) is 0.518. The van der Waals surface area contributed by atoms with Gasteiger partial charge in [-0.3, -0.25) is 4.68 Å². The third-order valence-electron chi connectivity index (χ3n) is 5.85. The van der Waals surface area contributed by atoms with Crippen molar-refractivity contribution in [3.63, 3.8) is 0 Å². The lowest BCUT2D eigenvalue weighted by Crippen LogP contribution is -2.18. The van der Waals surface area contributed by atoms with Crippen LogP contribution >= 0.6 is 0 Å². The van der Waals surface area contributed by atoms with E-state index in [4.69, 9.17) is 5.10 Å². The summed E-state index contributed by atoms with van der Waals surface area (Å²) in [6.45, 7) is 10.9. The van der Waals surface area contributed by atoms with Crippen molar-refractivity contribution >= 4 is 0 Å². The van der Waals surface area contributed by atoms with Gasteiger partial charge in [0.05, 0.1) is 17.3 Å². The lowest BCUT2D eigenvalue weighted by Gasteiger charge is -2.24. The molecule has 1 aliphatic rings. The first-order valence-electron chi connectivity index (χ1n) is 10.8. The maximum atomic E-state index is 13.0. The van der Waals surface area contributed by atoms with Gasteiger partial charge in [0.2, 0.25) is 0 Å². The van der Waals surface area contributed by atoms with Crippen molar-refractivity contribution in [3.8, 4) is 0 Å². The van der Waals surface area contributed by atoms with Gasteiger partial charge in [-0.15, -0.1) is 0 Å². The lowest BCUT2D eigenvalue weighted by molar-refractivity contribution is -0.137. The first-order chi connectivity index (χ1) is 13.5. The Morgan fingerprint density at radius 2 is 1.59 bits per heavy atom. The van der Waals surface area contributed by atoms with Gasteiger partial charge < -0.3 is 0 Å². The van der Waals surface area contributed by atoms with Gasteiger partial charge in [0.15, 0.2) is 0 Å². The summed E-state index contributed by atoms with van der Waals surface area (Å²) in [5.41, 5.74) is 4.07. The predicted octanol–water partition coefficient (Wildman–Crippen LogP) is 7.10. The van der Waals surface area contributed by atoms with Crippen molar-refractivity contribution < 1.29 is 13.2 Å². The average molecular weight is 407 g/mol. The molecule has 2 aromatic rings. The number of benzene rings is 1. The molecular formula is C24H33F3N2. The maximum absolute atomic E-state index is 13.0. The second-order valence-corrected chi connectivity index (χ2v) is 9.78. The Morgan fingerprint density at radius 3 is 2.14 bits per heavy atom. The molecule has 3 rings (SSSR count). The first-order valence-corrected chi connectivity index (χ1v) is 10.8. The summed E-state index contributed by atoms with van der Waals surface area (Å²) in [4.78, 5) is 0. The Morgan fingerprint density at radius 1 is 0.966 bits per heavy atom. The first kappa shape index (κ1) is 21.9. The number of aromatic nitrogens is 2. The molecule has 0 aliphatic heterocycles. The van der Waals surface area contributed by atoms with Crippen LogP contribution in [-0.2, 0) is 24.4 Å². The van der Waals surface area contributed by atoms with E-state index >= 15 is 0 Å². The summed E-state index contributed by atoms with van der Waals surface area (Å²) >= 11 is 0. The van der Waals surface area contributed by atoms with E-state index in [2.05, 4.69) is 39.3 Å². The number of fused-ring (bicyclic) bond motifs is 1. The van der Waals surface area contributed by atoms with Crippen LogP contribution in [0.4, 0.5) is 13.2 Å². The molecule has 0 fully saturated rings. The number of hydrogen-bond donors (Lipinski definition) is 0. The molecule has 0 bridgehead atoms. The molecule has 2 nitrogen and oxygen atoms in total. The molecule has 0 N–H and O–H groups in total. The summed E-state index contributed by atoms with van der Waals surface area (Å²) in [6, 6.07) is 5.67. The summed E-state index contributed by atoms with van der Waals surface area (Å²) in [5.74, 6) is 0.528. The van der Waals surface area contributed by atoms with Crippen LogP contribution in [0.1, 0.15) is 94.4 Å². The van der Waals surface area contributed by atoms with Crippen LogP contribution in [-0.4, -0.2) is 9.78 Å². The van der Waals surface area contributed by atoms with Crippen molar-refractivity contribution in [2.75, 3.05) is 0 Å². The minimum absolute atomic E-state index is 0.0253. The maximum Gasteiger partial charge on any atom is 0.416 e. The van der Waals surface area contributed by atoms with Crippen LogP contribution in [0.2, 0.25) is 0 Å². The molecule has 0 radical (unpaired) electrons. The molecule has 0 saturated heterocycles. The van der Waals surface area contributed by atoms with Gasteiger partial charge in [0.25, 0.3) is 0 Å². The third kappa shape index (κ3) is 4.87. The molecule has 0 spiro atoms. The molecule has 0 saturated carbocycles. The molecule has 29 heavy (non-hydrogen) atoms. The largest absolute Gasteiger partial charge is 0.416 e. The zero-order valence-electron chi connectivity index (χ0n) is 18.2. The second kappa shape index (κ2) is 8.16. The van der Waals surface area contributed by atoms with Crippen molar-refractivity contribution in [1.29, 1.82) is 0 Å². The Bertz CT molecular complexity index is 824. The smallest absolute Gasteiger partial charge is 0.262 e. The van der Waals surface area contributed by atoms with Crippen LogP contribution in [0.3, 0.4) is 0 Å². The van der Waals surface area contributed by atoms with E-state index in [1.807, 2.05) is 0 Å². The molecule has 1 aromatic heterocycles. The van der Waals surface area contributed by atoms with E-state index in [0.717, 1.165) is 43.4 Å². The molecule has 1 aliphatic carbocycles.